The number of amides is 1. The molecule has 0 unspecified atom stereocenters. The second-order valence-electron chi connectivity index (χ2n) is 4.73. The Balaban J connectivity index is 2.79. The summed E-state index contributed by atoms with van der Waals surface area (Å²) in [6.07, 6.45) is -0.138. The van der Waals surface area contributed by atoms with Gasteiger partial charge in [-0.05, 0) is 27.7 Å². The van der Waals surface area contributed by atoms with Crippen LogP contribution in [0.3, 0.4) is 0 Å². The van der Waals surface area contributed by atoms with Gasteiger partial charge in [-0.25, -0.2) is 0 Å². The molecular formula is C11H17N3O3. The molecular weight excluding hydrogens is 222 g/mol. The number of hydrogen-bond acceptors (Lipinski definition) is 3. The number of rotatable bonds is 4. The lowest BCUT2D eigenvalue weighted by molar-refractivity contribution is -0.138. The first-order chi connectivity index (χ1) is 7.73. The van der Waals surface area contributed by atoms with Crippen LogP contribution < -0.4 is 5.32 Å². The van der Waals surface area contributed by atoms with Crippen molar-refractivity contribution in [1.82, 2.24) is 15.5 Å². The Morgan fingerprint density at radius 3 is 2.41 bits per heavy atom. The van der Waals surface area contributed by atoms with E-state index < -0.39 is 11.5 Å². The number of carbonyl (C=O) groups is 2. The molecule has 0 bridgehead atoms. The van der Waals surface area contributed by atoms with Crippen LogP contribution >= 0.6 is 0 Å². The van der Waals surface area contributed by atoms with E-state index in [2.05, 4.69) is 15.5 Å². The van der Waals surface area contributed by atoms with Gasteiger partial charge in [0, 0.05) is 16.8 Å². The first kappa shape index (κ1) is 13.2. The first-order valence-electron chi connectivity index (χ1n) is 5.29. The number of carbonyl (C=O) groups excluding carboxylic acids is 1. The highest BCUT2D eigenvalue weighted by atomic mass is 16.4. The Morgan fingerprint density at radius 1 is 1.41 bits per heavy atom. The third-order valence-corrected chi connectivity index (χ3v) is 2.51. The Bertz CT molecular complexity index is 449. The van der Waals surface area contributed by atoms with Crippen LogP contribution in [-0.2, 0) is 4.79 Å². The third kappa shape index (κ3) is 3.30. The van der Waals surface area contributed by atoms with Crippen LogP contribution in [0.25, 0.3) is 0 Å². The van der Waals surface area contributed by atoms with Gasteiger partial charge in [0.15, 0.2) is 5.69 Å². The zero-order valence-corrected chi connectivity index (χ0v) is 10.4. The average molecular weight is 239 g/mol. The van der Waals surface area contributed by atoms with E-state index in [0.29, 0.717) is 5.69 Å². The van der Waals surface area contributed by atoms with Crippen molar-refractivity contribution in [2.45, 2.75) is 39.7 Å². The minimum Gasteiger partial charge on any atom is -0.481 e. The van der Waals surface area contributed by atoms with Crippen molar-refractivity contribution in [3.8, 4) is 0 Å². The predicted molar refractivity (Wildman–Crippen MR) is 61.9 cm³/mol. The minimum atomic E-state index is -0.953. The van der Waals surface area contributed by atoms with Crippen molar-refractivity contribution in [2.24, 2.45) is 0 Å². The van der Waals surface area contributed by atoms with Crippen LogP contribution in [0.15, 0.2) is 0 Å². The predicted octanol–water partition coefficient (Wildman–Crippen LogP) is 1.01. The SMILES string of the molecule is Cc1[nH]nc(C(=O)NC(C)(C)CC(=O)O)c1C. The van der Waals surface area contributed by atoms with Gasteiger partial charge in [0.2, 0.25) is 0 Å². The van der Waals surface area contributed by atoms with Crippen LogP contribution in [0, 0.1) is 13.8 Å². The zero-order chi connectivity index (χ0) is 13.2. The van der Waals surface area contributed by atoms with Crippen molar-refractivity contribution in [3.05, 3.63) is 17.0 Å². The Kier molecular flexibility index (Phi) is 3.55. The summed E-state index contributed by atoms with van der Waals surface area (Å²) in [5.41, 5.74) is 1.10. The second-order valence-corrected chi connectivity index (χ2v) is 4.73. The molecule has 0 aliphatic rings. The van der Waals surface area contributed by atoms with E-state index in [1.807, 2.05) is 6.92 Å². The zero-order valence-electron chi connectivity index (χ0n) is 10.4. The number of aromatic amines is 1. The molecule has 0 aromatic carbocycles. The van der Waals surface area contributed by atoms with Crippen LogP contribution in [0.2, 0.25) is 0 Å². The summed E-state index contributed by atoms with van der Waals surface area (Å²) in [5, 5.41) is 18.0. The van der Waals surface area contributed by atoms with Gasteiger partial charge in [0.25, 0.3) is 5.91 Å². The molecule has 94 valence electrons. The maximum absolute atomic E-state index is 11.9. The van der Waals surface area contributed by atoms with Gasteiger partial charge in [-0.2, -0.15) is 5.10 Å². The van der Waals surface area contributed by atoms with E-state index in [9.17, 15) is 9.59 Å². The van der Waals surface area contributed by atoms with Gasteiger partial charge in [-0.1, -0.05) is 0 Å². The summed E-state index contributed by atoms with van der Waals surface area (Å²) in [7, 11) is 0. The van der Waals surface area contributed by atoms with Crippen molar-refractivity contribution in [2.75, 3.05) is 0 Å². The van der Waals surface area contributed by atoms with E-state index in [1.165, 1.54) is 0 Å². The van der Waals surface area contributed by atoms with Crippen LogP contribution in [-0.4, -0.2) is 32.7 Å². The molecule has 0 atom stereocenters. The maximum Gasteiger partial charge on any atom is 0.305 e. The van der Waals surface area contributed by atoms with Gasteiger partial charge < -0.3 is 10.4 Å². The standard InChI is InChI=1S/C11H17N3O3/c1-6-7(2)13-14-9(6)10(17)12-11(3,4)5-8(15)16/h5H2,1-4H3,(H,12,17)(H,13,14)(H,15,16). The number of aliphatic carboxylic acids is 1. The monoisotopic (exact) mass is 239 g/mol. The highest BCUT2D eigenvalue weighted by molar-refractivity contribution is 5.94. The van der Waals surface area contributed by atoms with Crippen molar-refractivity contribution in [1.29, 1.82) is 0 Å². The average Bonchev–Trinajstić information content (AvgIpc) is 2.44. The molecule has 1 aromatic rings. The molecule has 0 saturated carbocycles. The molecule has 17 heavy (non-hydrogen) atoms. The van der Waals surface area contributed by atoms with Gasteiger partial charge in [-0.15, -0.1) is 0 Å². The highest BCUT2D eigenvalue weighted by Gasteiger charge is 2.26. The number of nitrogens with zero attached hydrogens (tertiary/aromatic N) is 1. The third-order valence-electron chi connectivity index (χ3n) is 2.51. The van der Waals surface area contributed by atoms with Gasteiger partial charge in [0.05, 0.1) is 6.42 Å². The van der Waals surface area contributed by atoms with Crippen molar-refractivity contribution < 1.29 is 14.7 Å². The second kappa shape index (κ2) is 4.57. The molecule has 0 fully saturated rings. The number of aryl methyl sites for hydroxylation is 1. The molecule has 1 aromatic heterocycles. The Morgan fingerprint density at radius 2 is 2.00 bits per heavy atom. The molecule has 1 amide bonds. The normalized spacial score (nSPS) is 11.3. The van der Waals surface area contributed by atoms with Crippen molar-refractivity contribution >= 4 is 11.9 Å². The molecule has 0 aliphatic carbocycles. The Labute approximate surface area is 99.4 Å². The Hall–Kier alpha value is -1.85. The number of nitrogens with one attached hydrogen (secondary N) is 2. The van der Waals surface area contributed by atoms with Crippen LogP contribution in [0.1, 0.15) is 42.0 Å². The lowest BCUT2D eigenvalue weighted by Crippen LogP contribution is -2.45. The number of carboxylic acids is 1. The summed E-state index contributed by atoms with van der Waals surface area (Å²) < 4.78 is 0. The topological polar surface area (TPSA) is 95.1 Å². The lowest BCUT2D eigenvalue weighted by atomic mass is 10.0. The summed E-state index contributed by atoms with van der Waals surface area (Å²) >= 11 is 0. The van der Waals surface area contributed by atoms with Gasteiger partial charge in [0.1, 0.15) is 0 Å². The van der Waals surface area contributed by atoms with Gasteiger partial charge in [-0.3, -0.25) is 14.7 Å². The van der Waals surface area contributed by atoms with Crippen molar-refractivity contribution in [3.63, 3.8) is 0 Å². The van der Waals surface area contributed by atoms with E-state index in [0.717, 1.165) is 11.3 Å². The number of carboxylic acid groups (broad SMARTS) is 1. The van der Waals surface area contributed by atoms with Crippen LogP contribution in [0.4, 0.5) is 0 Å². The molecule has 0 radical (unpaired) electrons. The van der Waals surface area contributed by atoms with E-state index >= 15 is 0 Å². The molecule has 6 nitrogen and oxygen atoms in total. The highest BCUT2D eigenvalue weighted by Crippen LogP contribution is 2.12. The fraction of sp³-hybridized carbons (Fsp3) is 0.545. The van der Waals surface area contributed by atoms with E-state index in [4.69, 9.17) is 5.11 Å². The number of aromatic nitrogens is 2. The van der Waals surface area contributed by atoms with E-state index in [1.54, 1.807) is 20.8 Å². The molecule has 0 saturated heterocycles. The summed E-state index contributed by atoms with van der Waals surface area (Å²) in [6.45, 7) is 6.93. The summed E-state index contributed by atoms with van der Waals surface area (Å²) in [6, 6.07) is 0. The number of H-pyrrole nitrogens is 1. The fourth-order valence-corrected chi connectivity index (χ4v) is 1.49. The van der Waals surface area contributed by atoms with Gasteiger partial charge >= 0.3 is 5.97 Å². The lowest BCUT2D eigenvalue weighted by Gasteiger charge is -2.23. The molecule has 0 aliphatic heterocycles. The smallest absolute Gasteiger partial charge is 0.305 e. The molecule has 6 heteroatoms. The largest absolute Gasteiger partial charge is 0.481 e. The molecule has 1 heterocycles. The fourth-order valence-electron chi connectivity index (χ4n) is 1.49. The molecule has 0 spiro atoms. The summed E-state index contributed by atoms with van der Waals surface area (Å²) in [4.78, 5) is 22.5. The molecule has 1 rings (SSSR count). The van der Waals surface area contributed by atoms with E-state index in [-0.39, 0.29) is 12.3 Å². The quantitative estimate of drug-likeness (QED) is 0.730. The molecule has 3 N–H and O–H groups in total. The van der Waals surface area contributed by atoms with Crippen LogP contribution in [0.5, 0.6) is 0 Å². The maximum atomic E-state index is 11.9. The number of hydrogen-bond donors (Lipinski definition) is 3. The first-order valence-corrected chi connectivity index (χ1v) is 5.29. The minimum absolute atomic E-state index is 0.138. The summed E-state index contributed by atoms with van der Waals surface area (Å²) in [5.74, 6) is -1.32.